The van der Waals surface area contributed by atoms with E-state index in [1.807, 2.05) is 88.8 Å². The van der Waals surface area contributed by atoms with Crippen molar-refractivity contribution in [2.75, 3.05) is 55.0 Å². The molecule has 1 saturated heterocycles. The highest BCUT2D eigenvalue weighted by Crippen LogP contribution is 2.29. The minimum absolute atomic E-state index is 0.0122. The van der Waals surface area contributed by atoms with Crippen molar-refractivity contribution in [2.24, 2.45) is 23.5 Å². The standard InChI is InChI=1S/C38H66N6O6/c1-11-26(4)34(43(8)38(48)29(19-21-39)41-37(47)33(25(2)3)42(6)7)31(49-9)24-32(45)44-23-15-18-30(44)35(50-10)27(5)36(46)40-22-20-28-16-13-12-14-17-28/h12-14,16-17,25-27,29-31,33-35H,11,15,18-24,39H2,1-10H3,(H,40,46)(H,41,47)/t26-,27+,29-,30-,31+,33-,34-,35+/m0/s1. The topological polar surface area (TPSA) is 147 Å². The lowest BCUT2D eigenvalue weighted by molar-refractivity contribution is -0.147. The van der Waals surface area contributed by atoms with Gasteiger partial charge in [0, 0.05) is 34.4 Å². The van der Waals surface area contributed by atoms with Gasteiger partial charge in [-0.25, -0.2) is 0 Å². The van der Waals surface area contributed by atoms with Crippen molar-refractivity contribution >= 4 is 23.6 Å². The third kappa shape index (κ3) is 11.7. The van der Waals surface area contributed by atoms with Crippen molar-refractivity contribution in [1.82, 2.24) is 25.3 Å². The Balaban J connectivity index is 2.20. The van der Waals surface area contributed by atoms with Crippen LogP contribution >= 0.6 is 0 Å². The highest BCUT2D eigenvalue weighted by molar-refractivity contribution is 5.90. The van der Waals surface area contributed by atoms with Crippen LogP contribution in [-0.4, -0.2) is 130 Å². The van der Waals surface area contributed by atoms with E-state index in [1.54, 1.807) is 26.2 Å². The largest absolute Gasteiger partial charge is 0.379 e. The molecule has 1 fully saturated rings. The molecule has 4 amide bonds. The summed E-state index contributed by atoms with van der Waals surface area (Å²) in [6.07, 6.45) is 2.25. The Morgan fingerprint density at radius 2 is 1.66 bits per heavy atom. The summed E-state index contributed by atoms with van der Waals surface area (Å²) < 4.78 is 11.9. The maximum Gasteiger partial charge on any atom is 0.245 e. The zero-order chi connectivity index (χ0) is 37.5. The van der Waals surface area contributed by atoms with Crippen molar-refractivity contribution in [1.29, 1.82) is 0 Å². The third-order valence-corrected chi connectivity index (χ3v) is 10.3. The van der Waals surface area contributed by atoms with Gasteiger partial charge >= 0.3 is 0 Å². The summed E-state index contributed by atoms with van der Waals surface area (Å²) in [4.78, 5) is 60.0. The summed E-state index contributed by atoms with van der Waals surface area (Å²) in [6, 6.07) is 8.07. The van der Waals surface area contributed by atoms with E-state index in [1.165, 1.54) is 0 Å². The first kappa shape index (κ1) is 43.1. The Labute approximate surface area is 301 Å². The van der Waals surface area contributed by atoms with E-state index in [0.717, 1.165) is 31.2 Å². The average Bonchev–Trinajstić information content (AvgIpc) is 3.57. The van der Waals surface area contributed by atoms with Crippen LogP contribution in [0.2, 0.25) is 0 Å². The molecule has 4 N–H and O–H groups in total. The molecule has 1 aliphatic heterocycles. The predicted molar refractivity (Wildman–Crippen MR) is 197 cm³/mol. The number of hydrogen-bond acceptors (Lipinski definition) is 8. The Kier molecular flexibility index (Phi) is 18.4. The predicted octanol–water partition coefficient (Wildman–Crippen LogP) is 2.69. The monoisotopic (exact) mass is 703 g/mol. The second-order valence-electron chi connectivity index (χ2n) is 14.4. The fraction of sp³-hybridized carbons (Fsp3) is 0.737. The molecule has 1 aromatic carbocycles. The molecule has 12 nitrogen and oxygen atoms in total. The molecule has 0 aromatic heterocycles. The molecule has 1 aromatic rings. The number of likely N-dealkylation sites (tertiary alicyclic amines) is 1. The smallest absolute Gasteiger partial charge is 0.245 e. The minimum atomic E-state index is -0.816. The number of nitrogens with zero attached hydrogens (tertiary/aromatic N) is 3. The van der Waals surface area contributed by atoms with Gasteiger partial charge in [-0.2, -0.15) is 0 Å². The Hall–Kier alpha value is -3.06. The Morgan fingerprint density at radius 1 is 1.00 bits per heavy atom. The summed E-state index contributed by atoms with van der Waals surface area (Å²) in [7, 11) is 8.57. The fourth-order valence-electron chi connectivity index (χ4n) is 7.50. The number of carbonyl (C=O) groups is 4. The van der Waals surface area contributed by atoms with E-state index >= 15 is 0 Å². The van der Waals surface area contributed by atoms with Gasteiger partial charge in [-0.05, 0) is 63.7 Å². The van der Waals surface area contributed by atoms with Gasteiger partial charge in [0.15, 0.2) is 0 Å². The molecule has 12 heteroatoms. The quantitative estimate of drug-likeness (QED) is 0.177. The van der Waals surface area contributed by atoms with Gasteiger partial charge < -0.3 is 35.6 Å². The van der Waals surface area contributed by atoms with E-state index in [-0.39, 0.29) is 60.9 Å². The molecule has 8 atom stereocenters. The van der Waals surface area contributed by atoms with E-state index in [0.29, 0.717) is 13.1 Å². The van der Waals surface area contributed by atoms with Crippen LogP contribution in [0.15, 0.2) is 30.3 Å². The first-order valence-corrected chi connectivity index (χ1v) is 18.3. The number of rotatable bonds is 21. The van der Waals surface area contributed by atoms with Crippen LogP contribution in [-0.2, 0) is 35.1 Å². The van der Waals surface area contributed by atoms with E-state index < -0.39 is 36.3 Å². The lowest BCUT2D eigenvalue weighted by Gasteiger charge is -2.40. The number of likely N-dealkylation sites (N-methyl/N-ethyl adjacent to an activating group) is 2. The molecule has 1 aliphatic rings. The van der Waals surface area contributed by atoms with Crippen molar-refractivity contribution in [3.63, 3.8) is 0 Å². The van der Waals surface area contributed by atoms with Gasteiger partial charge in [-0.3, -0.25) is 24.1 Å². The number of hydrogen-bond donors (Lipinski definition) is 3. The van der Waals surface area contributed by atoms with Crippen LogP contribution in [0.5, 0.6) is 0 Å². The number of nitrogens with two attached hydrogens (primary N) is 1. The van der Waals surface area contributed by atoms with Crippen LogP contribution in [0.4, 0.5) is 0 Å². The molecule has 2 rings (SSSR count). The summed E-state index contributed by atoms with van der Waals surface area (Å²) in [5.74, 6) is -1.15. The van der Waals surface area contributed by atoms with Gasteiger partial charge in [0.2, 0.25) is 23.6 Å². The number of methoxy groups -OCH3 is 2. The molecule has 0 spiro atoms. The minimum Gasteiger partial charge on any atom is -0.379 e. The molecule has 50 heavy (non-hydrogen) atoms. The normalized spacial score (nSPS) is 19.0. The van der Waals surface area contributed by atoms with Crippen LogP contribution < -0.4 is 16.4 Å². The molecular formula is C38H66N6O6. The third-order valence-electron chi connectivity index (χ3n) is 10.3. The number of ether oxygens (including phenoxy) is 2. The van der Waals surface area contributed by atoms with Crippen molar-refractivity contribution in [2.45, 2.75) is 110 Å². The molecule has 0 unspecified atom stereocenters. The van der Waals surface area contributed by atoms with Crippen LogP contribution in [0.3, 0.4) is 0 Å². The van der Waals surface area contributed by atoms with Crippen molar-refractivity contribution in [3.8, 4) is 0 Å². The molecule has 1 heterocycles. The average molecular weight is 703 g/mol. The highest BCUT2D eigenvalue weighted by Gasteiger charge is 2.42. The second kappa shape index (κ2) is 21.3. The van der Waals surface area contributed by atoms with Crippen LogP contribution in [0.1, 0.15) is 72.3 Å². The molecular weight excluding hydrogens is 636 g/mol. The van der Waals surface area contributed by atoms with Gasteiger partial charge in [0.1, 0.15) is 6.04 Å². The molecule has 0 radical (unpaired) electrons. The SMILES string of the molecule is CC[C@H](C)[C@@H]([C@@H](CC(=O)N1CCC[C@H]1[C@H](OC)[C@@H](C)C(=O)NCCc1ccccc1)OC)N(C)C(=O)[C@H](CCN)NC(=O)[C@H](C(C)C)N(C)C. The maximum atomic E-state index is 14.1. The van der Waals surface area contributed by atoms with Crippen molar-refractivity contribution < 1.29 is 28.7 Å². The van der Waals surface area contributed by atoms with E-state index in [4.69, 9.17) is 15.2 Å². The van der Waals surface area contributed by atoms with E-state index in [9.17, 15) is 19.2 Å². The summed E-state index contributed by atoms with van der Waals surface area (Å²) in [6.45, 7) is 11.2. The first-order chi connectivity index (χ1) is 23.7. The van der Waals surface area contributed by atoms with Crippen molar-refractivity contribution in [3.05, 3.63) is 35.9 Å². The number of nitrogens with one attached hydrogen (secondary N) is 2. The molecule has 0 bridgehead atoms. The molecule has 0 aliphatic carbocycles. The lowest BCUT2D eigenvalue weighted by Crippen LogP contribution is -2.58. The van der Waals surface area contributed by atoms with Crippen LogP contribution in [0, 0.1) is 17.8 Å². The fourth-order valence-corrected chi connectivity index (χ4v) is 7.50. The van der Waals surface area contributed by atoms with E-state index in [2.05, 4.69) is 10.6 Å². The Bertz CT molecular complexity index is 1190. The number of benzene rings is 1. The maximum absolute atomic E-state index is 14.1. The summed E-state index contributed by atoms with van der Waals surface area (Å²) >= 11 is 0. The summed E-state index contributed by atoms with van der Waals surface area (Å²) in [5, 5.41) is 6.01. The van der Waals surface area contributed by atoms with Gasteiger partial charge in [0.25, 0.3) is 0 Å². The zero-order valence-corrected chi connectivity index (χ0v) is 32.3. The van der Waals surface area contributed by atoms with Gasteiger partial charge in [0.05, 0.1) is 42.7 Å². The molecule has 0 saturated carbocycles. The first-order valence-electron chi connectivity index (χ1n) is 18.3. The second-order valence-corrected chi connectivity index (χ2v) is 14.4. The van der Waals surface area contributed by atoms with Gasteiger partial charge in [-0.1, -0.05) is 71.4 Å². The summed E-state index contributed by atoms with van der Waals surface area (Å²) in [5.41, 5.74) is 7.07. The zero-order valence-electron chi connectivity index (χ0n) is 32.3. The van der Waals surface area contributed by atoms with Gasteiger partial charge in [-0.15, -0.1) is 0 Å². The number of carbonyl (C=O) groups excluding carboxylic acids is 4. The highest BCUT2D eigenvalue weighted by atomic mass is 16.5. The Morgan fingerprint density at radius 3 is 2.20 bits per heavy atom. The molecule has 284 valence electrons. The van der Waals surface area contributed by atoms with Crippen LogP contribution in [0.25, 0.3) is 0 Å². The lowest BCUT2D eigenvalue weighted by atomic mass is 9.90. The number of amides is 4.